The van der Waals surface area contributed by atoms with Crippen LogP contribution in [-0.2, 0) is 24.2 Å². The number of rotatable bonds is 7. The SMILES string of the molecule is COCC(C)NC(=O)CN1CCS(=O)(=O)CC1CC(=O)O. The molecule has 1 rings (SSSR count). The minimum absolute atomic E-state index is 0.0124. The molecule has 1 aliphatic rings. The van der Waals surface area contributed by atoms with Gasteiger partial charge in [-0.3, -0.25) is 14.5 Å². The molecule has 0 aromatic carbocycles. The second-order valence-corrected chi connectivity index (χ2v) is 7.49. The summed E-state index contributed by atoms with van der Waals surface area (Å²) in [5.74, 6) is -1.62. The third kappa shape index (κ3) is 6.40. The van der Waals surface area contributed by atoms with Crippen molar-refractivity contribution in [2.24, 2.45) is 0 Å². The first-order valence-electron chi connectivity index (χ1n) is 6.68. The molecule has 0 radical (unpaired) electrons. The van der Waals surface area contributed by atoms with Crippen molar-refractivity contribution < 1.29 is 27.9 Å². The van der Waals surface area contributed by atoms with Crippen LogP contribution < -0.4 is 5.32 Å². The minimum atomic E-state index is -3.23. The lowest BCUT2D eigenvalue weighted by Gasteiger charge is -2.34. The zero-order chi connectivity index (χ0) is 16.0. The predicted molar refractivity (Wildman–Crippen MR) is 75.7 cm³/mol. The molecule has 1 saturated heterocycles. The van der Waals surface area contributed by atoms with Crippen molar-refractivity contribution in [2.45, 2.75) is 25.4 Å². The highest BCUT2D eigenvalue weighted by Gasteiger charge is 2.33. The number of carboxylic acids is 1. The number of sulfone groups is 1. The summed E-state index contributed by atoms with van der Waals surface area (Å²) >= 11 is 0. The number of methoxy groups -OCH3 is 1. The molecule has 2 atom stereocenters. The summed E-state index contributed by atoms with van der Waals surface area (Å²) in [6.45, 7) is 2.32. The second kappa shape index (κ2) is 7.71. The first-order valence-corrected chi connectivity index (χ1v) is 8.50. The summed E-state index contributed by atoms with van der Waals surface area (Å²) in [5.41, 5.74) is 0. The molecule has 0 aromatic rings. The Kier molecular flexibility index (Phi) is 6.56. The second-order valence-electron chi connectivity index (χ2n) is 5.26. The Morgan fingerprint density at radius 2 is 2.14 bits per heavy atom. The Balaban J connectivity index is 2.62. The van der Waals surface area contributed by atoms with Gasteiger partial charge in [-0.1, -0.05) is 0 Å². The molecule has 1 aliphatic heterocycles. The maximum atomic E-state index is 11.9. The quantitative estimate of drug-likeness (QED) is 0.599. The maximum Gasteiger partial charge on any atom is 0.304 e. The smallest absolute Gasteiger partial charge is 0.304 e. The van der Waals surface area contributed by atoms with Gasteiger partial charge in [-0.2, -0.15) is 0 Å². The van der Waals surface area contributed by atoms with Crippen molar-refractivity contribution in [2.75, 3.05) is 38.3 Å². The van der Waals surface area contributed by atoms with E-state index < -0.39 is 21.8 Å². The fourth-order valence-electron chi connectivity index (χ4n) is 2.32. The fourth-order valence-corrected chi connectivity index (χ4v) is 3.91. The Morgan fingerprint density at radius 3 is 2.71 bits per heavy atom. The van der Waals surface area contributed by atoms with Crippen molar-refractivity contribution >= 4 is 21.7 Å². The number of carboxylic acid groups (broad SMARTS) is 1. The summed E-state index contributed by atoms with van der Waals surface area (Å²) in [6.07, 6.45) is -0.292. The molecule has 9 heteroatoms. The van der Waals surface area contributed by atoms with Gasteiger partial charge in [-0.05, 0) is 6.92 Å². The summed E-state index contributed by atoms with van der Waals surface area (Å²) in [7, 11) is -1.71. The van der Waals surface area contributed by atoms with Crippen LogP contribution in [0.4, 0.5) is 0 Å². The Bertz CT molecular complexity index is 478. The Hall–Kier alpha value is -1.19. The molecular weight excluding hydrogens is 300 g/mol. The Labute approximate surface area is 124 Å². The predicted octanol–water partition coefficient (Wildman–Crippen LogP) is -1.29. The van der Waals surface area contributed by atoms with Gasteiger partial charge < -0.3 is 15.2 Å². The van der Waals surface area contributed by atoms with Gasteiger partial charge in [0.2, 0.25) is 5.91 Å². The third-order valence-corrected chi connectivity index (χ3v) is 4.93. The van der Waals surface area contributed by atoms with Gasteiger partial charge in [0.1, 0.15) is 0 Å². The first-order chi connectivity index (χ1) is 9.73. The number of hydrogen-bond acceptors (Lipinski definition) is 6. The molecule has 0 bridgehead atoms. The lowest BCUT2D eigenvalue weighted by Crippen LogP contribution is -2.53. The summed E-state index contributed by atoms with van der Waals surface area (Å²) in [5, 5.41) is 11.6. The van der Waals surface area contributed by atoms with Gasteiger partial charge >= 0.3 is 5.97 Å². The van der Waals surface area contributed by atoms with Crippen LogP contribution >= 0.6 is 0 Å². The summed E-state index contributed by atoms with van der Waals surface area (Å²) in [4.78, 5) is 24.3. The highest BCUT2D eigenvalue weighted by Crippen LogP contribution is 2.14. The number of amides is 1. The number of nitrogens with one attached hydrogen (secondary N) is 1. The van der Waals surface area contributed by atoms with E-state index in [1.807, 2.05) is 0 Å². The van der Waals surface area contributed by atoms with Crippen molar-refractivity contribution in [3.05, 3.63) is 0 Å². The molecule has 21 heavy (non-hydrogen) atoms. The van der Waals surface area contributed by atoms with Crippen molar-refractivity contribution in [1.29, 1.82) is 0 Å². The molecule has 0 saturated carbocycles. The van der Waals surface area contributed by atoms with E-state index >= 15 is 0 Å². The van der Waals surface area contributed by atoms with E-state index in [1.165, 1.54) is 7.11 Å². The van der Waals surface area contributed by atoms with Crippen LogP contribution in [0.3, 0.4) is 0 Å². The third-order valence-electron chi connectivity index (χ3n) is 3.23. The van der Waals surface area contributed by atoms with Crippen molar-refractivity contribution in [1.82, 2.24) is 10.2 Å². The van der Waals surface area contributed by atoms with Gasteiger partial charge in [0.05, 0.1) is 31.1 Å². The van der Waals surface area contributed by atoms with E-state index in [9.17, 15) is 18.0 Å². The minimum Gasteiger partial charge on any atom is -0.481 e. The average molecular weight is 322 g/mol. The summed E-state index contributed by atoms with van der Waals surface area (Å²) in [6, 6.07) is -0.821. The van der Waals surface area contributed by atoms with Crippen LogP contribution in [0.2, 0.25) is 0 Å². The number of carbonyl (C=O) groups excluding carboxylic acids is 1. The number of nitrogens with zero attached hydrogens (tertiary/aromatic N) is 1. The molecule has 8 nitrogen and oxygen atoms in total. The molecule has 1 fully saturated rings. The van der Waals surface area contributed by atoms with Crippen LogP contribution in [0.15, 0.2) is 0 Å². The number of hydrogen-bond donors (Lipinski definition) is 2. The maximum absolute atomic E-state index is 11.9. The lowest BCUT2D eigenvalue weighted by molar-refractivity contribution is -0.139. The highest BCUT2D eigenvalue weighted by atomic mass is 32.2. The molecular formula is C12H22N2O6S. The van der Waals surface area contributed by atoms with Crippen LogP contribution in [0.1, 0.15) is 13.3 Å². The largest absolute Gasteiger partial charge is 0.481 e. The highest BCUT2D eigenvalue weighted by molar-refractivity contribution is 7.91. The van der Waals surface area contributed by atoms with Gasteiger partial charge in [-0.25, -0.2) is 8.42 Å². The van der Waals surface area contributed by atoms with Gasteiger partial charge in [-0.15, -0.1) is 0 Å². The van der Waals surface area contributed by atoms with Gasteiger partial charge in [0.25, 0.3) is 0 Å². The zero-order valence-electron chi connectivity index (χ0n) is 12.2. The van der Waals surface area contributed by atoms with Crippen molar-refractivity contribution in [3.63, 3.8) is 0 Å². The Morgan fingerprint density at radius 1 is 1.48 bits per heavy atom. The van der Waals surface area contributed by atoms with E-state index in [4.69, 9.17) is 9.84 Å². The topological polar surface area (TPSA) is 113 Å². The normalized spacial score (nSPS) is 23.4. The number of carbonyl (C=O) groups is 2. The molecule has 2 unspecified atom stereocenters. The van der Waals surface area contributed by atoms with Crippen LogP contribution in [-0.4, -0.2) is 80.7 Å². The monoisotopic (exact) mass is 322 g/mol. The van der Waals surface area contributed by atoms with E-state index in [0.717, 1.165) is 0 Å². The molecule has 122 valence electrons. The molecule has 1 heterocycles. The van der Waals surface area contributed by atoms with Crippen LogP contribution in [0.5, 0.6) is 0 Å². The van der Waals surface area contributed by atoms with Crippen LogP contribution in [0, 0.1) is 0 Å². The molecule has 0 aromatic heterocycles. The molecule has 0 aliphatic carbocycles. The van der Waals surface area contributed by atoms with Gasteiger partial charge in [0.15, 0.2) is 9.84 Å². The summed E-state index contributed by atoms with van der Waals surface area (Å²) < 4.78 is 28.1. The molecule has 1 amide bonds. The fraction of sp³-hybridized carbons (Fsp3) is 0.833. The average Bonchev–Trinajstić information content (AvgIpc) is 2.31. The first kappa shape index (κ1) is 17.9. The molecule has 2 N–H and O–H groups in total. The van der Waals surface area contributed by atoms with E-state index in [0.29, 0.717) is 6.61 Å². The van der Waals surface area contributed by atoms with Crippen LogP contribution in [0.25, 0.3) is 0 Å². The number of ether oxygens (including phenoxy) is 1. The molecule has 0 spiro atoms. The van der Waals surface area contributed by atoms with E-state index in [-0.39, 0.29) is 43.0 Å². The van der Waals surface area contributed by atoms with E-state index in [2.05, 4.69) is 5.32 Å². The number of aliphatic carboxylic acids is 1. The van der Waals surface area contributed by atoms with E-state index in [1.54, 1.807) is 11.8 Å². The zero-order valence-corrected chi connectivity index (χ0v) is 13.1. The lowest BCUT2D eigenvalue weighted by atomic mass is 10.2. The van der Waals surface area contributed by atoms with Crippen molar-refractivity contribution in [3.8, 4) is 0 Å². The standard InChI is InChI=1S/C12H22N2O6S/c1-9(7-20-2)13-11(15)6-14-3-4-21(18,19)8-10(14)5-12(16)17/h9-10H,3-8H2,1-2H3,(H,13,15)(H,16,17). The van der Waals surface area contributed by atoms with Gasteiger partial charge in [0, 0.05) is 25.7 Å².